The molecular weight excluding hydrogens is 292 g/mol. The normalized spacial score (nSPS) is 21.2. The van der Waals surface area contributed by atoms with E-state index in [1.165, 1.54) is 5.69 Å². The maximum atomic E-state index is 5.60. The summed E-state index contributed by atoms with van der Waals surface area (Å²) >= 11 is 5.60. The molecule has 1 aliphatic rings. The Labute approximate surface area is 137 Å². The number of hydrogen-bond acceptors (Lipinski definition) is 2. The van der Waals surface area contributed by atoms with Crippen molar-refractivity contribution in [3.8, 4) is 0 Å². The molecule has 2 aromatic heterocycles. The van der Waals surface area contributed by atoms with Crippen molar-refractivity contribution >= 4 is 17.3 Å². The number of nitrogens with one attached hydrogen (secondary N) is 1. The Morgan fingerprint density at radius 3 is 2.77 bits per heavy atom. The first-order chi connectivity index (χ1) is 10.7. The van der Waals surface area contributed by atoms with Gasteiger partial charge >= 0.3 is 0 Å². The number of aromatic nitrogens is 2. The Bertz CT molecular complexity index is 637. The monoisotopic (exact) mass is 314 g/mol. The third-order valence-electron chi connectivity index (χ3n) is 4.24. The minimum absolute atomic E-state index is 0.0964. The summed E-state index contributed by atoms with van der Waals surface area (Å²) in [6.45, 7) is 3.18. The zero-order chi connectivity index (χ0) is 15.5. The van der Waals surface area contributed by atoms with Crippen LogP contribution >= 0.6 is 12.2 Å². The van der Waals surface area contributed by atoms with E-state index in [2.05, 4.69) is 58.1 Å². The molecule has 3 heterocycles. The third kappa shape index (κ3) is 2.73. The van der Waals surface area contributed by atoms with Crippen molar-refractivity contribution in [2.24, 2.45) is 7.05 Å². The maximum absolute atomic E-state index is 5.60. The highest BCUT2D eigenvalue weighted by atomic mass is 32.1. The van der Waals surface area contributed by atoms with Crippen molar-refractivity contribution in [1.29, 1.82) is 0 Å². The van der Waals surface area contributed by atoms with Gasteiger partial charge in [0.1, 0.15) is 0 Å². The zero-order valence-electron chi connectivity index (χ0n) is 13.1. The lowest BCUT2D eigenvalue weighted by molar-refractivity contribution is 0.302. The van der Waals surface area contributed by atoms with Crippen LogP contribution in [0.15, 0.2) is 42.7 Å². The molecule has 1 N–H and O–H groups in total. The summed E-state index contributed by atoms with van der Waals surface area (Å²) in [6.07, 6.45) is 6.23. The van der Waals surface area contributed by atoms with E-state index in [0.29, 0.717) is 0 Å². The number of unbranched alkanes of at least 4 members (excludes halogenated alkanes) is 1. The summed E-state index contributed by atoms with van der Waals surface area (Å²) < 4.78 is 2.18. The average Bonchev–Trinajstić information content (AvgIpc) is 3.09. The van der Waals surface area contributed by atoms with Crippen LogP contribution < -0.4 is 5.32 Å². The average molecular weight is 314 g/mol. The molecule has 3 rings (SSSR count). The second-order valence-electron chi connectivity index (χ2n) is 5.72. The van der Waals surface area contributed by atoms with Gasteiger partial charge in [-0.15, -0.1) is 0 Å². The number of rotatable bonds is 5. The fraction of sp³-hybridized carbons (Fsp3) is 0.412. The Morgan fingerprint density at radius 2 is 2.14 bits per heavy atom. The summed E-state index contributed by atoms with van der Waals surface area (Å²) in [4.78, 5) is 6.85. The van der Waals surface area contributed by atoms with Gasteiger partial charge in [0.05, 0.1) is 17.8 Å². The van der Waals surface area contributed by atoms with Crippen LogP contribution in [0.5, 0.6) is 0 Å². The van der Waals surface area contributed by atoms with Gasteiger partial charge in [-0.1, -0.05) is 19.4 Å². The van der Waals surface area contributed by atoms with Gasteiger partial charge < -0.3 is 14.8 Å². The minimum Gasteiger partial charge on any atom is -0.353 e. The molecule has 0 amide bonds. The Kier molecular flexibility index (Phi) is 4.43. The lowest BCUT2D eigenvalue weighted by Gasteiger charge is -2.28. The quantitative estimate of drug-likeness (QED) is 0.859. The van der Waals surface area contributed by atoms with E-state index in [-0.39, 0.29) is 12.1 Å². The Morgan fingerprint density at radius 1 is 1.27 bits per heavy atom. The highest BCUT2D eigenvalue weighted by Gasteiger charge is 2.40. The van der Waals surface area contributed by atoms with E-state index in [1.54, 1.807) is 0 Å². The predicted molar refractivity (Wildman–Crippen MR) is 92.5 cm³/mol. The van der Waals surface area contributed by atoms with Gasteiger partial charge in [-0.25, -0.2) is 0 Å². The maximum Gasteiger partial charge on any atom is 0.170 e. The van der Waals surface area contributed by atoms with E-state index in [1.807, 2.05) is 18.3 Å². The lowest BCUT2D eigenvalue weighted by atomic mass is 10.0. The van der Waals surface area contributed by atoms with Crippen LogP contribution in [0.4, 0.5) is 0 Å². The van der Waals surface area contributed by atoms with E-state index >= 15 is 0 Å². The van der Waals surface area contributed by atoms with Crippen LogP contribution in [0.25, 0.3) is 0 Å². The van der Waals surface area contributed by atoms with Gasteiger partial charge in [0.2, 0.25) is 0 Å². The molecule has 1 fully saturated rings. The standard InChI is InChI=1S/C17H22N4S/c1-3-4-12-21-16(14-9-7-11-20(14)2)15(19-17(21)22)13-8-5-6-10-18-13/h5-11,15-16H,3-4,12H2,1-2H3,(H,19,22)/t15-,16-/m1/s1. The summed E-state index contributed by atoms with van der Waals surface area (Å²) in [6, 6.07) is 10.6. The largest absolute Gasteiger partial charge is 0.353 e. The molecule has 4 nitrogen and oxygen atoms in total. The summed E-state index contributed by atoms with van der Waals surface area (Å²) in [7, 11) is 2.09. The van der Waals surface area contributed by atoms with Gasteiger partial charge in [0.15, 0.2) is 5.11 Å². The first-order valence-corrected chi connectivity index (χ1v) is 8.22. The van der Waals surface area contributed by atoms with Crippen molar-refractivity contribution in [3.63, 3.8) is 0 Å². The van der Waals surface area contributed by atoms with Crippen LogP contribution in [0, 0.1) is 0 Å². The second-order valence-corrected chi connectivity index (χ2v) is 6.10. The van der Waals surface area contributed by atoms with Crippen LogP contribution in [0.2, 0.25) is 0 Å². The molecule has 0 bridgehead atoms. The first kappa shape index (κ1) is 15.0. The van der Waals surface area contributed by atoms with E-state index in [0.717, 1.165) is 30.2 Å². The molecule has 116 valence electrons. The first-order valence-electron chi connectivity index (χ1n) is 7.81. The van der Waals surface area contributed by atoms with Crippen LogP contribution in [-0.2, 0) is 7.05 Å². The molecule has 0 aliphatic carbocycles. The predicted octanol–water partition coefficient (Wildman–Crippen LogP) is 3.19. The number of aryl methyl sites for hydroxylation is 1. The molecule has 5 heteroatoms. The van der Waals surface area contributed by atoms with Gasteiger partial charge in [-0.3, -0.25) is 4.98 Å². The van der Waals surface area contributed by atoms with E-state index in [4.69, 9.17) is 12.2 Å². The fourth-order valence-corrected chi connectivity index (χ4v) is 3.41. The van der Waals surface area contributed by atoms with Crippen molar-refractivity contribution in [2.75, 3.05) is 6.54 Å². The van der Waals surface area contributed by atoms with Crippen molar-refractivity contribution in [3.05, 3.63) is 54.1 Å². The van der Waals surface area contributed by atoms with Crippen LogP contribution in [0.1, 0.15) is 43.2 Å². The van der Waals surface area contributed by atoms with Crippen LogP contribution in [-0.4, -0.2) is 26.1 Å². The van der Waals surface area contributed by atoms with Gasteiger partial charge in [-0.2, -0.15) is 0 Å². The molecule has 0 radical (unpaired) electrons. The summed E-state index contributed by atoms with van der Waals surface area (Å²) in [5, 5.41) is 4.31. The molecule has 22 heavy (non-hydrogen) atoms. The van der Waals surface area contributed by atoms with Crippen molar-refractivity contribution < 1.29 is 0 Å². The molecule has 2 atom stereocenters. The Hall–Kier alpha value is -1.88. The SMILES string of the molecule is CCCCN1C(=S)N[C@H](c2ccccn2)[C@H]1c1cccn1C. The molecule has 1 saturated heterocycles. The lowest BCUT2D eigenvalue weighted by Crippen LogP contribution is -2.31. The number of hydrogen-bond donors (Lipinski definition) is 1. The topological polar surface area (TPSA) is 33.1 Å². The van der Waals surface area contributed by atoms with Crippen molar-refractivity contribution in [2.45, 2.75) is 31.8 Å². The van der Waals surface area contributed by atoms with Gasteiger partial charge in [-0.05, 0) is 42.9 Å². The minimum atomic E-state index is 0.0964. The van der Waals surface area contributed by atoms with Gasteiger partial charge in [0, 0.05) is 31.7 Å². The van der Waals surface area contributed by atoms with Crippen LogP contribution in [0.3, 0.4) is 0 Å². The van der Waals surface area contributed by atoms with Crippen molar-refractivity contribution in [1.82, 2.24) is 19.8 Å². The molecule has 2 aromatic rings. The van der Waals surface area contributed by atoms with E-state index in [9.17, 15) is 0 Å². The molecular formula is C17H22N4S. The highest BCUT2D eigenvalue weighted by Crippen LogP contribution is 2.38. The molecule has 1 aliphatic heterocycles. The molecule has 0 unspecified atom stereocenters. The molecule has 0 saturated carbocycles. The highest BCUT2D eigenvalue weighted by molar-refractivity contribution is 7.80. The number of pyridine rings is 1. The van der Waals surface area contributed by atoms with Gasteiger partial charge in [0.25, 0.3) is 0 Å². The molecule has 0 spiro atoms. The van der Waals surface area contributed by atoms with E-state index < -0.39 is 0 Å². The summed E-state index contributed by atoms with van der Waals surface area (Å²) in [5.74, 6) is 0. The Balaban J connectivity index is 1.99. The smallest absolute Gasteiger partial charge is 0.170 e. The summed E-state index contributed by atoms with van der Waals surface area (Å²) in [5.41, 5.74) is 2.30. The second kappa shape index (κ2) is 6.48. The fourth-order valence-electron chi connectivity index (χ4n) is 3.08. The number of nitrogens with zero attached hydrogens (tertiary/aromatic N) is 3. The third-order valence-corrected chi connectivity index (χ3v) is 4.59. The zero-order valence-corrected chi connectivity index (χ0v) is 13.9. The number of thiocarbonyl (C=S) groups is 1. The molecule has 0 aromatic carbocycles.